The van der Waals surface area contributed by atoms with Crippen molar-refractivity contribution in [3.05, 3.63) is 65.9 Å². The van der Waals surface area contributed by atoms with E-state index in [-0.39, 0.29) is 5.91 Å². The largest absolute Gasteiger partial charge is 0.497 e. The molecule has 1 N–H and O–H groups in total. The molecule has 1 aromatic heterocycles. The summed E-state index contributed by atoms with van der Waals surface area (Å²) in [5.74, 6) is 0.579. The quantitative estimate of drug-likeness (QED) is 0.653. The fraction of sp³-hybridized carbons (Fsp3) is 0.238. The Morgan fingerprint density at radius 2 is 1.89 bits per heavy atom. The van der Waals surface area contributed by atoms with Crippen LogP contribution in [0, 0.1) is 6.92 Å². The molecule has 3 aromatic rings. The number of hydrogen-bond donors (Lipinski definition) is 1. The molecule has 0 atom stereocenters. The van der Waals surface area contributed by atoms with Crippen molar-refractivity contribution in [1.29, 1.82) is 0 Å². The van der Waals surface area contributed by atoms with E-state index in [4.69, 9.17) is 9.47 Å². The fourth-order valence-corrected chi connectivity index (χ4v) is 2.76. The number of amides is 1. The molecule has 0 radical (unpaired) electrons. The van der Waals surface area contributed by atoms with Crippen molar-refractivity contribution in [3.63, 3.8) is 0 Å². The number of carbonyl (C=O) groups is 1. The number of aryl methyl sites for hydroxylation is 1. The predicted octanol–water partition coefficient (Wildman–Crippen LogP) is 3.23. The van der Waals surface area contributed by atoms with Crippen molar-refractivity contribution in [1.82, 2.24) is 15.1 Å². The fourth-order valence-electron chi connectivity index (χ4n) is 2.76. The number of benzene rings is 2. The molecule has 0 fully saturated rings. The molecule has 27 heavy (non-hydrogen) atoms. The molecule has 6 nitrogen and oxygen atoms in total. The maximum absolute atomic E-state index is 12.7. The number of nitrogens with zero attached hydrogens (tertiary/aromatic N) is 2. The summed E-state index contributed by atoms with van der Waals surface area (Å²) in [7, 11) is 3.23. The van der Waals surface area contributed by atoms with Crippen LogP contribution in [0.4, 0.5) is 0 Å². The van der Waals surface area contributed by atoms with E-state index in [1.54, 1.807) is 25.0 Å². The van der Waals surface area contributed by atoms with E-state index in [0.29, 0.717) is 18.8 Å². The van der Waals surface area contributed by atoms with Crippen molar-refractivity contribution in [3.8, 4) is 22.7 Å². The molecule has 0 saturated heterocycles. The predicted molar refractivity (Wildman–Crippen MR) is 104 cm³/mol. The average molecular weight is 365 g/mol. The highest BCUT2D eigenvalue weighted by molar-refractivity contribution is 5.94. The van der Waals surface area contributed by atoms with E-state index in [9.17, 15) is 4.79 Å². The Balaban J connectivity index is 2.01. The number of methoxy groups -OCH3 is 2. The van der Waals surface area contributed by atoms with Crippen LogP contribution in [-0.4, -0.2) is 43.1 Å². The lowest BCUT2D eigenvalue weighted by atomic mass is 10.1. The van der Waals surface area contributed by atoms with E-state index < -0.39 is 0 Å². The van der Waals surface area contributed by atoms with Crippen molar-refractivity contribution in [2.24, 2.45) is 0 Å². The second-order valence-corrected chi connectivity index (χ2v) is 6.14. The van der Waals surface area contributed by atoms with Crippen molar-refractivity contribution in [2.45, 2.75) is 6.92 Å². The molecule has 0 spiro atoms. The SMILES string of the molecule is COCCNC(=O)c1cc(-c2ccc(OC)cc2)nn1-c1cccc(C)c1. The van der Waals surface area contributed by atoms with E-state index in [0.717, 1.165) is 28.3 Å². The molecule has 0 saturated carbocycles. The van der Waals surface area contributed by atoms with Gasteiger partial charge in [-0.15, -0.1) is 0 Å². The monoisotopic (exact) mass is 365 g/mol. The summed E-state index contributed by atoms with van der Waals surface area (Å²) in [5, 5.41) is 7.54. The Labute approximate surface area is 158 Å². The summed E-state index contributed by atoms with van der Waals surface area (Å²) in [4.78, 5) is 12.7. The summed E-state index contributed by atoms with van der Waals surface area (Å²) >= 11 is 0. The maximum Gasteiger partial charge on any atom is 0.270 e. The minimum Gasteiger partial charge on any atom is -0.497 e. The normalized spacial score (nSPS) is 10.6. The van der Waals surface area contributed by atoms with E-state index in [1.165, 1.54) is 0 Å². The average Bonchev–Trinajstić information content (AvgIpc) is 3.14. The number of ether oxygens (including phenoxy) is 2. The Bertz CT molecular complexity index is 917. The summed E-state index contributed by atoms with van der Waals surface area (Å²) in [6, 6.07) is 17.3. The van der Waals surface area contributed by atoms with Crippen LogP contribution in [0.25, 0.3) is 16.9 Å². The molecule has 140 valence electrons. The second-order valence-electron chi connectivity index (χ2n) is 6.14. The minimum atomic E-state index is -0.194. The third-order valence-electron chi connectivity index (χ3n) is 4.17. The zero-order valence-electron chi connectivity index (χ0n) is 15.7. The van der Waals surface area contributed by atoms with Gasteiger partial charge in [0, 0.05) is 19.2 Å². The van der Waals surface area contributed by atoms with Gasteiger partial charge in [0.1, 0.15) is 11.4 Å². The summed E-state index contributed by atoms with van der Waals surface area (Å²) in [6.07, 6.45) is 0. The minimum absolute atomic E-state index is 0.194. The van der Waals surface area contributed by atoms with Gasteiger partial charge in [-0.25, -0.2) is 4.68 Å². The highest BCUT2D eigenvalue weighted by atomic mass is 16.5. The molecule has 1 amide bonds. The molecule has 0 unspecified atom stereocenters. The van der Waals surface area contributed by atoms with Gasteiger partial charge in [0.2, 0.25) is 0 Å². The molecule has 6 heteroatoms. The van der Waals surface area contributed by atoms with Crippen LogP contribution in [-0.2, 0) is 4.74 Å². The van der Waals surface area contributed by atoms with Gasteiger partial charge in [-0.1, -0.05) is 12.1 Å². The van der Waals surface area contributed by atoms with Gasteiger partial charge in [-0.05, 0) is 55.0 Å². The molecule has 1 heterocycles. The first-order valence-electron chi connectivity index (χ1n) is 8.71. The van der Waals surface area contributed by atoms with Gasteiger partial charge in [-0.2, -0.15) is 5.10 Å². The molecule has 0 aliphatic heterocycles. The van der Waals surface area contributed by atoms with E-state index in [2.05, 4.69) is 10.4 Å². The standard InChI is InChI=1S/C21H23N3O3/c1-15-5-4-6-17(13-15)24-20(21(25)22-11-12-26-2)14-19(23-24)16-7-9-18(27-3)10-8-16/h4-10,13-14H,11-12H2,1-3H3,(H,22,25). The third kappa shape index (κ3) is 4.35. The molecule has 0 aliphatic rings. The van der Waals surface area contributed by atoms with E-state index >= 15 is 0 Å². The first kappa shape index (κ1) is 18.7. The zero-order chi connectivity index (χ0) is 19.2. The first-order valence-corrected chi connectivity index (χ1v) is 8.71. The lowest BCUT2D eigenvalue weighted by Gasteiger charge is -2.08. The summed E-state index contributed by atoms with van der Waals surface area (Å²) < 4.78 is 11.9. The van der Waals surface area contributed by atoms with Crippen LogP contribution >= 0.6 is 0 Å². The van der Waals surface area contributed by atoms with Gasteiger partial charge >= 0.3 is 0 Å². The van der Waals surface area contributed by atoms with Gasteiger partial charge < -0.3 is 14.8 Å². The van der Waals surface area contributed by atoms with Crippen LogP contribution in [0.3, 0.4) is 0 Å². The van der Waals surface area contributed by atoms with Crippen LogP contribution in [0.15, 0.2) is 54.6 Å². The van der Waals surface area contributed by atoms with Gasteiger partial charge in [0.05, 0.1) is 25.1 Å². The molecule has 2 aromatic carbocycles. The Morgan fingerprint density at radius 3 is 2.56 bits per heavy atom. The van der Waals surface area contributed by atoms with Crippen LogP contribution < -0.4 is 10.1 Å². The molecular weight excluding hydrogens is 342 g/mol. The van der Waals surface area contributed by atoms with Crippen LogP contribution in [0.2, 0.25) is 0 Å². The second kappa shape index (κ2) is 8.51. The van der Waals surface area contributed by atoms with Crippen molar-refractivity contribution >= 4 is 5.91 Å². The highest BCUT2D eigenvalue weighted by Gasteiger charge is 2.17. The summed E-state index contributed by atoms with van der Waals surface area (Å²) in [5.41, 5.74) is 4.04. The first-order chi connectivity index (χ1) is 13.1. The number of carbonyl (C=O) groups excluding carboxylic acids is 1. The van der Waals surface area contributed by atoms with Crippen molar-refractivity contribution in [2.75, 3.05) is 27.4 Å². The zero-order valence-corrected chi connectivity index (χ0v) is 15.7. The van der Waals surface area contributed by atoms with Gasteiger partial charge in [-0.3, -0.25) is 4.79 Å². The van der Waals surface area contributed by atoms with Gasteiger partial charge in [0.15, 0.2) is 0 Å². The van der Waals surface area contributed by atoms with Crippen molar-refractivity contribution < 1.29 is 14.3 Å². The highest BCUT2D eigenvalue weighted by Crippen LogP contribution is 2.24. The Kier molecular flexibility index (Phi) is 5.88. The maximum atomic E-state index is 12.7. The number of aromatic nitrogens is 2. The Hall–Kier alpha value is -3.12. The van der Waals surface area contributed by atoms with Gasteiger partial charge in [0.25, 0.3) is 5.91 Å². The molecular formula is C21H23N3O3. The van der Waals surface area contributed by atoms with Crippen LogP contribution in [0.5, 0.6) is 5.75 Å². The van der Waals surface area contributed by atoms with Crippen LogP contribution in [0.1, 0.15) is 16.1 Å². The molecule has 0 aliphatic carbocycles. The smallest absolute Gasteiger partial charge is 0.270 e. The number of nitrogens with one attached hydrogen (secondary N) is 1. The lowest BCUT2D eigenvalue weighted by molar-refractivity contribution is 0.0929. The Morgan fingerprint density at radius 1 is 1.11 bits per heavy atom. The topological polar surface area (TPSA) is 65.4 Å². The number of rotatable bonds is 7. The third-order valence-corrected chi connectivity index (χ3v) is 4.17. The molecule has 0 bridgehead atoms. The van der Waals surface area contributed by atoms with E-state index in [1.807, 2.05) is 55.5 Å². The summed E-state index contributed by atoms with van der Waals surface area (Å²) in [6.45, 7) is 2.90. The molecule has 3 rings (SSSR count). The number of hydrogen-bond acceptors (Lipinski definition) is 4. The lowest BCUT2D eigenvalue weighted by Crippen LogP contribution is -2.28.